The van der Waals surface area contributed by atoms with Crippen molar-refractivity contribution in [2.24, 2.45) is 0 Å². The van der Waals surface area contributed by atoms with Crippen LogP contribution in [-0.4, -0.2) is 9.55 Å². The highest BCUT2D eigenvalue weighted by atomic mass is 79.9. The van der Waals surface area contributed by atoms with E-state index < -0.39 is 0 Å². The zero-order chi connectivity index (χ0) is 16.7. The van der Waals surface area contributed by atoms with Gasteiger partial charge < -0.3 is 0 Å². The lowest BCUT2D eigenvalue weighted by Gasteiger charge is -2.12. The van der Waals surface area contributed by atoms with Gasteiger partial charge in [0, 0.05) is 16.3 Å². The second-order valence-corrected chi connectivity index (χ2v) is 7.70. The van der Waals surface area contributed by atoms with Gasteiger partial charge >= 0.3 is 0 Å². The molecule has 2 aromatic carbocycles. The largest absolute Gasteiger partial charge is 0.284 e. The summed E-state index contributed by atoms with van der Waals surface area (Å²) in [7, 11) is 0. The number of hydrogen-bond acceptors (Lipinski definition) is 3. The van der Waals surface area contributed by atoms with E-state index >= 15 is 0 Å². The topological polar surface area (TPSA) is 34.9 Å². The third-order valence-corrected chi connectivity index (χ3v) is 5.55. The average Bonchev–Trinajstić information content (AvgIpc) is 3.39. The molecule has 0 saturated heterocycles. The molecule has 0 unspecified atom stereocenters. The first-order chi connectivity index (χ1) is 11.6. The highest BCUT2D eigenvalue weighted by Gasteiger charge is 2.28. The zero-order valence-corrected chi connectivity index (χ0v) is 15.1. The van der Waals surface area contributed by atoms with E-state index in [1.807, 2.05) is 30.3 Å². The van der Waals surface area contributed by atoms with Crippen molar-refractivity contribution in [2.75, 3.05) is 0 Å². The van der Waals surface area contributed by atoms with E-state index in [1.165, 1.54) is 17.8 Å². The Morgan fingerprint density at radius 2 is 2.04 bits per heavy atom. The number of halogens is 2. The third-order valence-electron chi connectivity index (χ3n) is 4.06. The minimum atomic E-state index is -0.252. The molecule has 3 nitrogen and oxygen atoms in total. The molecular formula is C18H14BrFN2OS. The second-order valence-electron chi connectivity index (χ2n) is 5.84. The van der Waals surface area contributed by atoms with Gasteiger partial charge in [0.1, 0.15) is 5.82 Å². The monoisotopic (exact) mass is 404 g/mol. The molecule has 1 heterocycles. The lowest BCUT2D eigenvalue weighted by Crippen LogP contribution is -2.22. The maximum absolute atomic E-state index is 14.0. The minimum absolute atomic E-state index is 0.00174. The van der Waals surface area contributed by atoms with Gasteiger partial charge in [0.25, 0.3) is 5.56 Å². The summed E-state index contributed by atoms with van der Waals surface area (Å²) in [6.45, 7) is 0. The highest BCUT2D eigenvalue weighted by molar-refractivity contribution is 9.10. The van der Waals surface area contributed by atoms with Crippen LogP contribution in [0.4, 0.5) is 4.39 Å². The standard InChI is InChI=1S/C18H14BrFN2OS/c19-12-6-5-11(15(20)9-12)10-24-18-21-16-4-2-1-3-14(16)17(23)22(18)13-7-8-13/h1-6,9,13H,7-8,10H2. The Bertz CT molecular complexity index is 984. The summed E-state index contributed by atoms with van der Waals surface area (Å²) in [6, 6.07) is 12.6. The zero-order valence-electron chi connectivity index (χ0n) is 12.7. The van der Waals surface area contributed by atoms with Crippen molar-refractivity contribution in [1.82, 2.24) is 9.55 Å². The van der Waals surface area contributed by atoms with Crippen LogP contribution in [0, 0.1) is 5.82 Å². The maximum Gasteiger partial charge on any atom is 0.262 e. The lowest BCUT2D eigenvalue weighted by molar-refractivity contribution is 0.612. The maximum atomic E-state index is 14.0. The fourth-order valence-electron chi connectivity index (χ4n) is 2.66. The Balaban J connectivity index is 1.73. The summed E-state index contributed by atoms with van der Waals surface area (Å²) in [6.07, 6.45) is 2.00. The predicted molar refractivity (Wildman–Crippen MR) is 97.9 cm³/mol. The van der Waals surface area contributed by atoms with Gasteiger partial charge in [-0.2, -0.15) is 0 Å². The van der Waals surface area contributed by atoms with Crippen molar-refractivity contribution in [3.63, 3.8) is 0 Å². The van der Waals surface area contributed by atoms with Crippen molar-refractivity contribution >= 4 is 38.6 Å². The van der Waals surface area contributed by atoms with Crippen molar-refractivity contribution in [2.45, 2.75) is 29.8 Å². The van der Waals surface area contributed by atoms with Gasteiger partial charge in [-0.3, -0.25) is 9.36 Å². The van der Waals surface area contributed by atoms with Crippen LogP contribution in [0.3, 0.4) is 0 Å². The van der Waals surface area contributed by atoms with Crippen LogP contribution in [0.15, 0.2) is 56.9 Å². The second kappa shape index (κ2) is 6.33. The van der Waals surface area contributed by atoms with Crippen LogP contribution >= 0.6 is 27.7 Å². The molecule has 122 valence electrons. The van der Waals surface area contributed by atoms with Crippen molar-refractivity contribution in [3.8, 4) is 0 Å². The number of para-hydroxylation sites is 1. The highest BCUT2D eigenvalue weighted by Crippen LogP contribution is 2.37. The fourth-order valence-corrected chi connectivity index (χ4v) is 4.05. The molecule has 4 rings (SSSR count). The molecule has 1 fully saturated rings. The van der Waals surface area contributed by atoms with Gasteiger partial charge in [-0.1, -0.05) is 45.9 Å². The number of fused-ring (bicyclic) bond motifs is 1. The van der Waals surface area contributed by atoms with E-state index in [9.17, 15) is 9.18 Å². The summed E-state index contributed by atoms with van der Waals surface area (Å²) in [5, 5.41) is 1.31. The fraction of sp³-hybridized carbons (Fsp3) is 0.222. The van der Waals surface area contributed by atoms with Crippen LogP contribution in [0.1, 0.15) is 24.4 Å². The van der Waals surface area contributed by atoms with E-state index in [-0.39, 0.29) is 17.4 Å². The number of rotatable bonds is 4. The average molecular weight is 405 g/mol. The van der Waals surface area contributed by atoms with Crippen LogP contribution < -0.4 is 5.56 Å². The van der Waals surface area contributed by atoms with Gasteiger partial charge in [-0.15, -0.1) is 0 Å². The Hall–Kier alpha value is -1.66. The van der Waals surface area contributed by atoms with E-state index in [2.05, 4.69) is 20.9 Å². The van der Waals surface area contributed by atoms with E-state index in [0.717, 1.165) is 12.8 Å². The Labute approximate surface area is 151 Å². The number of hydrogen-bond donors (Lipinski definition) is 0. The van der Waals surface area contributed by atoms with Gasteiger partial charge in [0.05, 0.1) is 10.9 Å². The molecule has 6 heteroatoms. The summed E-state index contributed by atoms with van der Waals surface area (Å²) >= 11 is 4.68. The first-order valence-corrected chi connectivity index (χ1v) is 9.49. The Kier molecular flexibility index (Phi) is 4.18. The number of aromatic nitrogens is 2. The van der Waals surface area contributed by atoms with Crippen molar-refractivity contribution in [1.29, 1.82) is 0 Å². The molecule has 3 aromatic rings. The molecule has 1 aromatic heterocycles. The van der Waals surface area contributed by atoms with E-state index in [4.69, 9.17) is 0 Å². The first kappa shape index (κ1) is 15.8. The summed E-state index contributed by atoms with van der Waals surface area (Å²) in [5.74, 6) is 0.189. The summed E-state index contributed by atoms with van der Waals surface area (Å²) < 4.78 is 16.5. The van der Waals surface area contributed by atoms with Crippen LogP contribution in [0.5, 0.6) is 0 Å². The molecule has 1 aliphatic rings. The molecule has 0 amide bonds. The Morgan fingerprint density at radius 1 is 1.25 bits per heavy atom. The van der Waals surface area contributed by atoms with Crippen LogP contribution in [0.25, 0.3) is 10.9 Å². The molecular weight excluding hydrogens is 391 g/mol. The Morgan fingerprint density at radius 3 is 2.79 bits per heavy atom. The molecule has 1 aliphatic carbocycles. The van der Waals surface area contributed by atoms with Gasteiger partial charge in [-0.25, -0.2) is 9.37 Å². The molecule has 24 heavy (non-hydrogen) atoms. The number of benzene rings is 2. The minimum Gasteiger partial charge on any atom is -0.284 e. The molecule has 0 radical (unpaired) electrons. The SMILES string of the molecule is O=c1c2ccccc2nc(SCc2ccc(Br)cc2F)n1C1CC1. The van der Waals surface area contributed by atoms with Crippen LogP contribution in [-0.2, 0) is 5.75 Å². The van der Waals surface area contributed by atoms with Gasteiger partial charge in [0.15, 0.2) is 5.16 Å². The normalized spacial score (nSPS) is 14.2. The van der Waals surface area contributed by atoms with Crippen molar-refractivity contribution < 1.29 is 4.39 Å². The third kappa shape index (κ3) is 3.00. The van der Waals surface area contributed by atoms with Gasteiger partial charge in [-0.05, 0) is 42.7 Å². The molecule has 1 saturated carbocycles. The smallest absolute Gasteiger partial charge is 0.262 e. The predicted octanol–water partition coefficient (Wildman–Crippen LogP) is 4.93. The first-order valence-electron chi connectivity index (χ1n) is 7.71. The van der Waals surface area contributed by atoms with Gasteiger partial charge in [0.2, 0.25) is 0 Å². The lowest BCUT2D eigenvalue weighted by atomic mass is 10.2. The molecule has 0 N–H and O–H groups in total. The summed E-state index contributed by atoms with van der Waals surface area (Å²) in [4.78, 5) is 17.4. The number of thioether (sulfide) groups is 1. The molecule has 0 atom stereocenters. The van der Waals surface area contributed by atoms with Crippen LogP contribution in [0.2, 0.25) is 0 Å². The molecule has 0 bridgehead atoms. The number of nitrogens with zero attached hydrogens (tertiary/aromatic N) is 2. The summed E-state index contributed by atoms with van der Waals surface area (Å²) in [5.41, 5.74) is 1.30. The molecule has 0 spiro atoms. The molecule has 0 aliphatic heterocycles. The van der Waals surface area contributed by atoms with E-state index in [1.54, 1.807) is 10.6 Å². The van der Waals surface area contributed by atoms with E-state index in [0.29, 0.717) is 31.8 Å². The quantitative estimate of drug-likeness (QED) is 0.456. The van der Waals surface area contributed by atoms with Crippen molar-refractivity contribution in [3.05, 3.63) is 68.7 Å².